The van der Waals surface area contributed by atoms with E-state index in [1.807, 2.05) is 17.5 Å². The summed E-state index contributed by atoms with van der Waals surface area (Å²) in [5.41, 5.74) is 0.515. The summed E-state index contributed by atoms with van der Waals surface area (Å²) in [5, 5.41) is 2.04. The normalized spacial score (nSPS) is 11.4. The maximum Gasteiger partial charge on any atom is 0.294 e. The molecule has 0 aliphatic carbocycles. The molecule has 2 aromatic carbocycles. The second kappa shape index (κ2) is 8.47. The van der Waals surface area contributed by atoms with Gasteiger partial charge in [0.15, 0.2) is 5.76 Å². The molecule has 1 amide bonds. The zero-order valence-corrected chi connectivity index (χ0v) is 18.0. The fraction of sp³-hybridized carbons (Fsp3) is 0.0455. The number of para-hydroxylation sites is 1. The van der Waals surface area contributed by atoms with Crippen molar-refractivity contribution in [2.75, 3.05) is 4.90 Å². The predicted octanol–water partition coefficient (Wildman–Crippen LogP) is 5.67. The third kappa shape index (κ3) is 4.05. The highest BCUT2D eigenvalue weighted by Gasteiger charge is 2.27. The Balaban J connectivity index is 1.70. The lowest BCUT2D eigenvalue weighted by Gasteiger charge is -2.22. The summed E-state index contributed by atoms with van der Waals surface area (Å²) >= 11 is 7.84. The molecule has 4 rings (SSSR count). The average molecular weight is 458 g/mol. The molecule has 2 aromatic heterocycles. The molecule has 0 aliphatic rings. The Bertz CT molecular complexity index is 1270. The second-order valence-corrected chi connectivity index (χ2v) is 9.68. The smallest absolute Gasteiger partial charge is 0.294 e. The summed E-state index contributed by atoms with van der Waals surface area (Å²) in [6.45, 7) is 0.279. The maximum atomic E-state index is 13.3. The molecule has 0 unspecified atom stereocenters. The summed E-state index contributed by atoms with van der Waals surface area (Å²) in [6.07, 6.45) is 0. The van der Waals surface area contributed by atoms with Gasteiger partial charge >= 0.3 is 0 Å². The molecule has 0 saturated heterocycles. The molecular formula is C22H16ClNO4S2. The number of carbonyl (C=O) groups excluding carboxylic acids is 1. The summed E-state index contributed by atoms with van der Waals surface area (Å²) in [4.78, 5) is 15.8. The van der Waals surface area contributed by atoms with E-state index >= 15 is 0 Å². The Kier molecular flexibility index (Phi) is 5.76. The molecule has 152 valence electrons. The van der Waals surface area contributed by atoms with Crippen LogP contribution in [0.1, 0.15) is 15.4 Å². The van der Waals surface area contributed by atoms with E-state index in [0.29, 0.717) is 10.7 Å². The topological polar surface area (TPSA) is 67.6 Å². The van der Waals surface area contributed by atoms with Gasteiger partial charge in [-0.3, -0.25) is 9.69 Å². The van der Waals surface area contributed by atoms with Crippen LogP contribution < -0.4 is 4.90 Å². The summed E-state index contributed by atoms with van der Waals surface area (Å²) in [6, 6.07) is 21.4. The minimum absolute atomic E-state index is 0.0824. The lowest BCUT2D eigenvalue weighted by molar-refractivity contribution is 0.0953. The minimum Gasteiger partial charge on any atom is -0.439 e. The molecular weight excluding hydrogens is 442 g/mol. The molecule has 8 heteroatoms. The van der Waals surface area contributed by atoms with Crippen LogP contribution in [-0.4, -0.2) is 14.3 Å². The van der Waals surface area contributed by atoms with Crippen molar-refractivity contribution in [2.45, 2.75) is 16.5 Å². The summed E-state index contributed by atoms with van der Waals surface area (Å²) in [7, 11) is -3.86. The third-order valence-corrected chi connectivity index (χ3v) is 7.22. The highest BCUT2D eigenvalue weighted by atomic mass is 35.5. The molecule has 0 fully saturated rings. The van der Waals surface area contributed by atoms with Crippen molar-refractivity contribution < 1.29 is 17.6 Å². The van der Waals surface area contributed by atoms with Gasteiger partial charge in [0.1, 0.15) is 0 Å². The fourth-order valence-electron chi connectivity index (χ4n) is 2.92. The standard InChI is InChI=1S/C22H16ClNO4S2/c23-18-10-4-5-11-19(18)24(15-16-7-6-14-29-16)22(25)20-12-13-21(28-20)30(26,27)17-8-2-1-3-9-17/h1-14H,15H2. The number of nitrogens with zero attached hydrogens (tertiary/aromatic N) is 1. The quantitative estimate of drug-likeness (QED) is 0.374. The second-order valence-electron chi connectivity index (χ2n) is 6.36. The highest BCUT2D eigenvalue weighted by Crippen LogP contribution is 2.30. The van der Waals surface area contributed by atoms with Crippen LogP contribution in [0.15, 0.2) is 98.6 Å². The fourth-order valence-corrected chi connectivity index (χ4v) is 5.05. The SMILES string of the molecule is O=C(c1ccc(S(=O)(=O)c2ccccc2)o1)N(Cc1cccs1)c1ccccc1Cl. The molecule has 30 heavy (non-hydrogen) atoms. The van der Waals surface area contributed by atoms with E-state index in [1.165, 1.54) is 40.5 Å². The zero-order chi connectivity index (χ0) is 21.1. The molecule has 0 bridgehead atoms. The Morgan fingerprint density at radius 3 is 2.37 bits per heavy atom. The number of benzene rings is 2. The van der Waals surface area contributed by atoms with Crippen LogP contribution in [-0.2, 0) is 16.4 Å². The first kappa shape index (κ1) is 20.4. The van der Waals surface area contributed by atoms with Crippen molar-refractivity contribution in [3.63, 3.8) is 0 Å². The lowest BCUT2D eigenvalue weighted by Crippen LogP contribution is -2.30. The number of halogens is 1. The number of anilines is 1. The molecule has 0 radical (unpaired) electrons. The van der Waals surface area contributed by atoms with E-state index in [2.05, 4.69) is 0 Å². The van der Waals surface area contributed by atoms with Crippen LogP contribution in [0.2, 0.25) is 5.02 Å². The molecule has 5 nitrogen and oxygen atoms in total. The largest absolute Gasteiger partial charge is 0.439 e. The Morgan fingerprint density at radius 1 is 0.933 bits per heavy atom. The van der Waals surface area contributed by atoms with Crippen molar-refractivity contribution in [1.29, 1.82) is 0 Å². The van der Waals surface area contributed by atoms with Crippen LogP contribution in [0, 0.1) is 0 Å². The first-order valence-electron chi connectivity index (χ1n) is 8.95. The van der Waals surface area contributed by atoms with E-state index < -0.39 is 15.7 Å². The van der Waals surface area contributed by atoms with Crippen LogP contribution in [0.3, 0.4) is 0 Å². The number of furan rings is 1. The molecule has 0 spiro atoms. The number of hydrogen-bond acceptors (Lipinski definition) is 5. The predicted molar refractivity (Wildman–Crippen MR) is 117 cm³/mol. The maximum absolute atomic E-state index is 13.3. The summed E-state index contributed by atoms with van der Waals surface area (Å²) in [5.74, 6) is -0.563. The third-order valence-electron chi connectivity index (χ3n) is 4.39. The molecule has 0 N–H and O–H groups in total. The van der Waals surface area contributed by atoms with Crippen LogP contribution in [0.4, 0.5) is 5.69 Å². The van der Waals surface area contributed by atoms with Gasteiger partial charge in [-0.15, -0.1) is 11.3 Å². The van der Waals surface area contributed by atoms with E-state index in [1.54, 1.807) is 42.5 Å². The van der Waals surface area contributed by atoms with Crippen LogP contribution >= 0.6 is 22.9 Å². The highest BCUT2D eigenvalue weighted by molar-refractivity contribution is 7.91. The van der Waals surface area contributed by atoms with Crippen molar-refractivity contribution in [2.24, 2.45) is 0 Å². The van der Waals surface area contributed by atoms with Gasteiger partial charge in [0.05, 0.1) is 22.2 Å². The molecule has 0 atom stereocenters. The molecule has 4 aromatic rings. The van der Waals surface area contributed by atoms with Crippen molar-refractivity contribution in [1.82, 2.24) is 0 Å². The Labute approximate surface area is 183 Å². The van der Waals surface area contributed by atoms with Crippen molar-refractivity contribution in [3.8, 4) is 0 Å². The number of carbonyl (C=O) groups is 1. The van der Waals surface area contributed by atoms with E-state index in [-0.39, 0.29) is 22.3 Å². The van der Waals surface area contributed by atoms with E-state index in [4.69, 9.17) is 16.0 Å². The van der Waals surface area contributed by atoms with Crippen LogP contribution in [0.5, 0.6) is 0 Å². The molecule has 0 aliphatic heterocycles. The lowest BCUT2D eigenvalue weighted by atomic mass is 10.2. The van der Waals surface area contributed by atoms with E-state index in [9.17, 15) is 13.2 Å². The number of rotatable bonds is 6. The molecule has 0 saturated carbocycles. The summed E-state index contributed by atoms with van der Waals surface area (Å²) < 4.78 is 31.1. The van der Waals surface area contributed by atoms with Gasteiger partial charge in [-0.05, 0) is 47.8 Å². The zero-order valence-electron chi connectivity index (χ0n) is 15.6. The van der Waals surface area contributed by atoms with E-state index in [0.717, 1.165) is 4.88 Å². The number of thiophene rings is 1. The van der Waals surface area contributed by atoms with Gasteiger partial charge in [-0.25, -0.2) is 8.42 Å². The Hall–Kier alpha value is -2.87. The average Bonchev–Trinajstić information content (AvgIpc) is 3.45. The van der Waals surface area contributed by atoms with Gasteiger partial charge in [-0.2, -0.15) is 0 Å². The van der Waals surface area contributed by atoms with Gasteiger partial charge in [0.25, 0.3) is 5.91 Å². The van der Waals surface area contributed by atoms with Gasteiger partial charge in [0.2, 0.25) is 14.9 Å². The van der Waals surface area contributed by atoms with Crippen molar-refractivity contribution >= 4 is 44.4 Å². The molecule has 2 heterocycles. The number of sulfone groups is 1. The Morgan fingerprint density at radius 2 is 1.67 bits per heavy atom. The minimum atomic E-state index is -3.86. The first-order valence-corrected chi connectivity index (χ1v) is 11.7. The number of hydrogen-bond donors (Lipinski definition) is 0. The monoisotopic (exact) mass is 457 g/mol. The van der Waals surface area contributed by atoms with Crippen molar-refractivity contribution in [3.05, 3.63) is 99.9 Å². The number of amides is 1. The first-order chi connectivity index (χ1) is 14.5. The van der Waals surface area contributed by atoms with Gasteiger partial charge < -0.3 is 4.42 Å². The van der Waals surface area contributed by atoms with Gasteiger partial charge in [-0.1, -0.05) is 48.0 Å². The van der Waals surface area contributed by atoms with Gasteiger partial charge in [0, 0.05) is 4.88 Å². The van der Waals surface area contributed by atoms with Crippen LogP contribution in [0.25, 0.3) is 0 Å².